The number of benzene rings is 2. The highest BCUT2D eigenvalue weighted by Gasteiger charge is 2.25. The number of hydrogen-bond donors (Lipinski definition) is 0. The Labute approximate surface area is 129 Å². The molecule has 0 fully saturated rings. The number of aromatic nitrogens is 2. The molecule has 0 saturated carbocycles. The van der Waals surface area contributed by atoms with E-state index in [0.717, 1.165) is 35.0 Å². The Morgan fingerprint density at radius 3 is 2.68 bits per heavy atom. The number of fused-ring (bicyclic) bond motifs is 3. The molecule has 0 radical (unpaired) electrons. The molecule has 22 heavy (non-hydrogen) atoms. The molecule has 4 nitrogen and oxygen atoms in total. The van der Waals surface area contributed by atoms with Gasteiger partial charge in [-0.05, 0) is 31.2 Å². The SMILES string of the molecule is CCn1c(Oc2ccccc2)nc2c1-c1ccccc1OC2. The lowest BCUT2D eigenvalue weighted by Gasteiger charge is -2.18. The third-order valence-electron chi connectivity index (χ3n) is 3.78. The van der Waals surface area contributed by atoms with Crippen LogP contribution >= 0.6 is 0 Å². The average molecular weight is 292 g/mol. The van der Waals surface area contributed by atoms with E-state index >= 15 is 0 Å². The highest BCUT2D eigenvalue weighted by atomic mass is 16.5. The van der Waals surface area contributed by atoms with Gasteiger partial charge in [0.25, 0.3) is 0 Å². The predicted octanol–water partition coefficient (Wildman–Crippen LogP) is 4.25. The smallest absolute Gasteiger partial charge is 0.302 e. The number of hydrogen-bond acceptors (Lipinski definition) is 3. The molecule has 3 aromatic rings. The molecule has 2 aromatic carbocycles. The zero-order valence-corrected chi connectivity index (χ0v) is 12.3. The highest BCUT2D eigenvalue weighted by Crippen LogP contribution is 2.39. The molecule has 0 saturated heterocycles. The molecule has 0 N–H and O–H groups in total. The first-order valence-electron chi connectivity index (χ1n) is 7.41. The minimum Gasteiger partial charge on any atom is -0.487 e. The van der Waals surface area contributed by atoms with E-state index in [1.807, 2.05) is 48.5 Å². The molecule has 110 valence electrons. The van der Waals surface area contributed by atoms with Crippen LogP contribution in [0.4, 0.5) is 0 Å². The Bertz CT molecular complexity index is 809. The quantitative estimate of drug-likeness (QED) is 0.724. The Hall–Kier alpha value is -2.75. The van der Waals surface area contributed by atoms with Crippen molar-refractivity contribution in [3.8, 4) is 28.8 Å². The van der Waals surface area contributed by atoms with Crippen LogP contribution in [0.15, 0.2) is 54.6 Å². The maximum Gasteiger partial charge on any atom is 0.302 e. The van der Waals surface area contributed by atoms with E-state index in [1.54, 1.807) is 0 Å². The van der Waals surface area contributed by atoms with Crippen molar-refractivity contribution in [3.63, 3.8) is 0 Å². The summed E-state index contributed by atoms with van der Waals surface area (Å²) in [7, 11) is 0. The second kappa shape index (κ2) is 5.22. The maximum atomic E-state index is 5.96. The first-order chi connectivity index (χ1) is 10.9. The van der Waals surface area contributed by atoms with Crippen LogP contribution in [0.2, 0.25) is 0 Å². The van der Waals surface area contributed by atoms with Gasteiger partial charge >= 0.3 is 6.01 Å². The van der Waals surface area contributed by atoms with Gasteiger partial charge in [0.15, 0.2) is 0 Å². The van der Waals surface area contributed by atoms with Gasteiger partial charge in [-0.3, -0.25) is 4.57 Å². The van der Waals surface area contributed by atoms with Crippen LogP contribution in [-0.4, -0.2) is 9.55 Å². The van der Waals surface area contributed by atoms with Crippen LogP contribution < -0.4 is 9.47 Å². The van der Waals surface area contributed by atoms with Gasteiger partial charge in [0.2, 0.25) is 0 Å². The fourth-order valence-corrected chi connectivity index (χ4v) is 2.78. The molecule has 0 atom stereocenters. The number of para-hydroxylation sites is 2. The van der Waals surface area contributed by atoms with Crippen molar-refractivity contribution in [1.82, 2.24) is 9.55 Å². The van der Waals surface area contributed by atoms with E-state index in [0.29, 0.717) is 12.6 Å². The standard InChI is InChI=1S/C18H16N2O2/c1-2-20-17-14-10-6-7-11-16(14)21-12-15(17)19-18(20)22-13-8-4-3-5-9-13/h3-11H,2,12H2,1H3. The van der Waals surface area contributed by atoms with Gasteiger partial charge in [0.1, 0.15) is 23.8 Å². The summed E-state index contributed by atoms with van der Waals surface area (Å²) in [5.41, 5.74) is 3.09. The summed E-state index contributed by atoms with van der Waals surface area (Å²) < 4.78 is 13.8. The van der Waals surface area contributed by atoms with E-state index in [-0.39, 0.29) is 0 Å². The van der Waals surface area contributed by atoms with Crippen molar-refractivity contribution in [2.24, 2.45) is 0 Å². The summed E-state index contributed by atoms with van der Waals surface area (Å²) in [6.45, 7) is 3.36. The van der Waals surface area contributed by atoms with Gasteiger partial charge in [-0.25, -0.2) is 0 Å². The monoisotopic (exact) mass is 292 g/mol. The summed E-state index contributed by atoms with van der Waals surface area (Å²) >= 11 is 0. The summed E-state index contributed by atoms with van der Waals surface area (Å²) in [4.78, 5) is 4.63. The van der Waals surface area contributed by atoms with Gasteiger partial charge in [0.05, 0.1) is 5.69 Å². The van der Waals surface area contributed by atoms with Crippen molar-refractivity contribution in [1.29, 1.82) is 0 Å². The lowest BCUT2D eigenvalue weighted by molar-refractivity contribution is 0.297. The third-order valence-corrected chi connectivity index (χ3v) is 3.78. The molecular formula is C18H16N2O2. The van der Waals surface area contributed by atoms with Gasteiger partial charge < -0.3 is 9.47 Å². The largest absolute Gasteiger partial charge is 0.487 e. The second-order valence-corrected chi connectivity index (χ2v) is 5.13. The van der Waals surface area contributed by atoms with Crippen molar-refractivity contribution in [2.75, 3.05) is 0 Å². The number of imidazole rings is 1. The highest BCUT2D eigenvalue weighted by molar-refractivity contribution is 5.72. The van der Waals surface area contributed by atoms with Crippen molar-refractivity contribution >= 4 is 0 Å². The molecule has 4 heteroatoms. The van der Waals surface area contributed by atoms with E-state index in [1.165, 1.54) is 0 Å². The molecule has 1 aliphatic rings. The normalized spacial score (nSPS) is 12.2. The number of nitrogens with zero attached hydrogens (tertiary/aromatic N) is 2. The molecule has 2 heterocycles. The summed E-state index contributed by atoms with van der Waals surface area (Å²) in [5.74, 6) is 1.68. The minimum atomic E-state index is 0.477. The first-order valence-corrected chi connectivity index (χ1v) is 7.41. The van der Waals surface area contributed by atoms with Crippen molar-refractivity contribution in [3.05, 3.63) is 60.3 Å². The van der Waals surface area contributed by atoms with Gasteiger partial charge in [-0.1, -0.05) is 30.3 Å². The van der Waals surface area contributed by atoms with Gasteiger partial charge in [0, 0.05) is 12.1 Å². The maximum absolute atomic E-state index is 5.96. The third kappa shape index (κ3) is 2.04. The fraction of sp³-hybridized carbons (Fsp3) is 0.167. The molecule has 1 aromatic heterocycles. The van der Waals surface area contributed by atoms with E-state index < -0.39 is 0 Å². The molecule has 0 unspecified atom stereocenters. The lowest BCUT2D eigenvalue weighted by atomic mass is 10.1. The molecule has 0 bridgehead atoms. The zero-order valence-electron chi connectivity index (χ0n) is 12.3. The molecular weight excluding hydrogens is 276 g/mol. The average Bonchev–Trinajstić information content (AvgIpc) is 2.93. The van der Waals surface area contributed by atoms with Crippen LogP contribution in [-0.2, 0) is 13.2 Å². The fourth-order valence-electron chi connectivity index (χ4n) is 2.78. The van der Waals surface area contributed by atoms with Gasteiger partial charge in [-0.15, -0.1) is 0 Å². The van der Waals surface area contributed by atoms with Gasteiger partial charge in [-0.2, -0.15) is 4.98 Å². The molecule has 0 amide bonds. The second-order valence-electron chi connectivity index (χ2n) is 5.13. The Kier molecular flexibility index (Phi) is 3.07. The van der Waals surface area contributed by atoms with Crippen LogP contribution in [0.5, 0.6) is 17.5 Å². The van der Waals surface area contributed by atoms with Crippen LogP contribution in [0.1, 0.15) is 12.6 Å². The Balaban J connectivity index is 1.82. The van der Waals surface area contributed by atoms with Crippen LogP contribution in [0, 0.1) is 0 Å². The Morgan fingerprint density at radius 1 is 1.09 bits per heavy atom. The van der Waals surface area contributed by atoms with Crippen molar-refractivity contribution < 1.29 is 9.47 Å². The minimum absolute atomic E-state index is 0.477. The zero-order chi connectivity index (χ0) is 14.9. The van der Waals surface area contributed by atoms with E-state index in [2.05, 4.69) is 22.5 Å². The topological polar surface area (TPSA) is 36.3 Å². The number of rotatable bonds is 3. The number of ether oxygens (including phenoxy) is 2. The van der Waals surface area contributed by atoms with Crippen LogP contribution in [0.25, 0.3) is 11.3 Å². The van der Waals surface area contributed by atoms with Crippen LogP contribution in [0.3, 0.4) is 0 Å². The van der Waals surface area contributed by atoms with Crippen molar-refractivity contribution in [2.45, 2.75) is 20.1 Å². The molecule has 0 aliphatic carbocycles. The summed E-state index contributed by atoms with van der Waals surface area (Å²) in [6, 6.07) is 18.4. The lowest BCUT2D eigenvalue weighted by Crippen LogP contribution is -2.08. The van der Waals surface area contributed by atoms with E-state index in [9.17, 15) is 0 Å². The molecule has 1 aliphatic heterocycles. The summed E-state index contributed by atoms with van der Waals surface area (Å²) in [6.07, 6.45) is 0. The molecule has 0 spiro atoms. The molecule has 4 rings (SSSR count). The first kappa shape index (κ1) is 13.0. The van der Waals surface area contributed by atoms with E-state index in [4.69, 9.17) is 9.47 Å². The summed E-state index contributed by atoms with van der Waals surface area (Å²) in [5, 5.41) is 0. The Morgan fingerprint density at radius 2 is 1.86 bits per heavy atom. The predicted molar refractivity (Wildman–Crippen MR) is 84.2 cm³/mol.